The number of nitriles is 4. The van der Waals surface area contributed by atoms with Gasteiger partial charge in [0.15, 0.2) is 5.82 Å². The molecular formula is C68H41N9. The summed E-state index contributed by atoms with van der Waals surface area (Å²) in [7, 11) is 0. The van der Waals surface area contributed by atoms with Crippen LogP contribution in [-0.4, -0.2) is 14.5 Å². The Hall–Kier alpha value is -11.4. The van der Waals surface area contributed by atoms with Crippen LogP contribution in [0.3, 0.4) is 0 Å². The molecular weight excluding hydrogens is 943 g/mol. The van der Waals surface area contributed by atoms with E-state index >= 15 is 0 Å². The highest BCUT2D eigenvalue weighted by atomic mass is 15.1. The zero-order chi connectivity index (χ0) is 52.2. The molecule has 2 aromatic heterocycles. The molecule has 0 fully saturated rings. The van der Waals surface area contributed by atoms with Gasteiger partial charge in [-0.15, -0.1) is 0 Å². The van der Waals surface area contributed by atoms with E-state index in [4.69, 9.17) is 9.97 Å². The van der Waals surface area contributed by atoms with Gasteiger partial charge >= 0.3 is 0 Å². The molecule has 9 heteroatoms. The summed E-state index contributed by atoms with van der Waals surface area (Å²) in [6.07, 6.45) is 0. The fraction of sp³-hybridized carbons (Fsp3) is 0. The molecule has 0 aliphatic heterocycles. The zero-order valence-electron chi connectivity index (χ0n) is 41.2. The first-order valence-electron chi connectivity index (χ1n) is 24.9. The fourth-order valence-corrected chi connectivity index (χ4v) is 10.2. The SMILES string of the molecule is N#Cc1cccc(-c2cc(-c3c(C#N)cc(-c4ccc(-n5c6ccc(N(c7ccccc7)c7ccccc7)cc6c6cc(N(c7ccccc7)c7ccccc7)ccc65)cc4)cc3C#N)nc(-c3cccc(C#N)c3)n2)c1. The monoisotopic (exact) mass is 983 g/mol. The normalized spacial score (nSPS) is 10.8. The molecule has 0 atom stereocenters. The molecule has 0 bridgehead atoms. The molecule has 0 radical (unpaired) electrons. The maximum Gasteiger partial charge on any atom is 0.160 e. The molecule has 0 spiro atoms. The Morgan fingerprint density at radius 3 is 1.22 bits per heavy atom. The van der Waals surface area contributed by atoms with Gasteiger partial charge in [-0.3, -0.25) is 0 Å². The van der Waals surface area contributed by atoms with E-state index in [1.807, 2.05) is 48.5 Å². The third-order valence-electron chi connectivity index (χ3n) is 13.7. The van der Waals surface area contributed by atoms with Crippen LogP contribution in [-0.2, 0) is 0 Å². The number of fused-ring (bicyclic) bond motifs is 3. The lowest BCUT2D eigenvalue weighted by Crippen LogP contribution is -2.09. The van der Waals surface area contributed by atoms with E-state index < -0.39 is 0 Å². The highest BCUT2D eigenvalue weighted by Gasteiger charge is 2.22. The second kappa shape index (κ2) is 20.3. The van der Waals surface area contributed by atoms with Gasteiger partial charge in [-0.1, -0.05) is 109 Å². The van der Waals surface area contributed by atoms with Crippen molar-refractivity contribution in [2.75, 3.05) is 9.80 Å². The summed E-state index contributed by atoms with van der Waals surface area (Å²) in [6, 6.07) is 91.6. The minimum absolute atomic E-state index is 0.254. The number of nitrogens with zero attached hydrogens (tertiary/aromatic N) is 9. The van der Waals surface area contributed by atoms with Gasteiger partial charge in [-0.2, -0.15) is 21.0 Å². The highest BCUT2D eigenvalue weighted by Crippen LogP contribution is 2.43. The van der Waals surface area contributed by atoms with Crippen molar-refractivity contribution in [3.8, 4) is 75.0 Å². The summed E-state index contributed by atoms with van der Waals surface area (Å²) in [5, 5.41) is 43.3. The third-order valence-corrected chi connectivity index (χ3v) is 13.7. The molecule has 0 amide bonds. The second-order valence-electron chi connectivity index (χ2n) is 18.3. The van der Waals surface area contributed by atoms with Gasteiger partial charge in [0.1, 0.15) is 0 Å². The van der Waals surface area contributed by atoms with Crippen LogP contribution in [0.4, 0.5) is 34.1 Å². The van der Waals surface area contributed by atoms with Gasteiger partial charge in [0, 0.05) is 67.3 Å². The standard InChI is InChI=1S/C68H41N9/c69-42-46-15-13-17-49(35-46)63-41-64(74-68(73-63)50-18-14-16-47(36-50)43-70)67-52(44-71)37-51(38-53(67)45-72)48-27-29-58(30-28-48)77-65-33-31-59(75(54-19-5-1-6-20-54)55-21-7-2-8-22-55)39-61(65)62-40-60(32-34-66(62)77)76(56-23-9-3-10-24-56)57-25-11-4-12-26-57/h1-41H. The van der Waals surface area contributed by atoms with Crippen LogP contribution in [0.2, 0.25) is 0 Å². The van der Waals surface area contributed by atoms with E-state index in [-0.39, 0.29) is 11.1 Å². The molecule has 0 aliphatic rings. The molecule has 0 unspecified atom stereocenters. The molecule has 9 nitrogen and oxygen atoms in total. The molecule has 358 valence electrons. The molecule has 12 aromatic rings. The van der Waals surface area contributed by atoms with E-state index in [0.29, 0.717) is 50.6 Å². The minimum atomic E-state index is 0.254. The largest absolute Gasteiger partial charge is 0.310 e. The summed E-state index contributed by atoms with van der Waals surface area (Å²) >= 11 is 0. The Bertz CT molecular complexity index is 4040. The zero-order valence-corrected chi connectivity index (χ0v) is 41.2. The maximum absolute atomic E-state index is 10.8. The van der Waals surface area contributed by atoms with Gasteiger partial charge in [0.2, 0.25) is 0 Å². The summed E-state index contributed by atoms with van der Waals surface area (Å²) in [5.74, 6) is 0.302. The molecule has 0 aliphatic carbocycles. The van der Waals surface area contributed by atoms with Crippen molar-refractivity contribution in [1.29, 1.82) is 21.0 Å². The number of hydrogen-bond donors (Lipinski definition) is 0. The Kier molecular flexibility index (Phi) is 12.3. The Labute approximate surface area is 445 Å². The van der Waals surface area contributed by atoms with Crippen molar-refractivity contribution >= 4 is 55.9 Å². The third kappa shape index (κ3) is 8.92. The van der Waals surface area contributed by atoms with Crippen molar-refractivity contribution in [3.05, 3.63) is 271 Å². The molecule has 2 heterocycles. The van der Waals surface area contributed by atoms with Crippen molar-refractivity contribution in [2.24, 2.45) is 0 Å². The van der Waals surface area contributed by atoms with Crippen LogP contribution in [0.15, 0.2) is 249 Å². The molecule has 0 N–H and O–H groups in total. The summed E-state index contributed by atoms with van der Waals surface area (Å²) in [5.41, 5.74) is 14.5. The van der Waals surface area contributed by atoms with Crippen LogP contribution in [0.5, 0.6) is 0 Å². The Balaban J connectivity index is 0.991. The lowest BCUT2D eigenvalue weighted by molar-refractivity contribution is 1.18. The predicted octanol–water partition coefficient (Wildman–Crippen LogP) is 16.7. The first-order valence-corrected chi connectivity index (χ1v) is 24.9. The Morgan fingerprint density at radius 1 is 0.325 bits per heavy atom. The average molecular weight is 984 g/mol. The number of benzene rings is 10. The number of para-hydroxylation sites is 4. The first-order chi connectivity index (χ1) is 38.0. The van der Waals surface area contributed by atoms with Crippen molar-refractivity contribution in [1.82, 2.24) is 14.5 Å². The minimum Gasteiger partial charge on any atom is -0.310 e. The van der Waals surface area contributed by atoms with Crippen molar-refractivity contribution < 1.29 is 0 Å². The summed E-state index contributed by atoms with van der Waals surface area (Å²) < 4.78 is 2.29. The van der Waals surface area contributed by atoms with Gasteiger partial charge in [-0.25, -0.2) is 9.97 Å². The molecule has 0 saturated heterocycles. The number of hydrogen-bond acceptors (Lipinski definition) is 8. The summed E-state index contributed by atoms with van der Waals surface area (Å²) in [6.45, 7) is 0. The predicted molar refractivity (Wildman–Crippen MR) is 306 cm³/mol. The molecule has 10 aromatic carbocycles. The van der Waals surface area contributed by atoms with E-state index in [9.17, 15) is 21.0 Å². The van der Waals surface area contributed by atoms with Crippen molar-refractivity contribution in [3.63, 3.8) is 0 Å². The second-order valence-corrected chi connectivity index (χ2v) is 18.3. The topological polar surface area (TPSA) is 132 Å². The first kappa shape index (κ1) is 46.7. The van der Waals surface area contributed by atoms with Gasteiger partial charge < -0.3 is 14.4 Å². The van der Waals surface area contributed by atoms with Crippen molar-refractivity contribution in [2.45, 2.75) is 0 Å². The summed E-state index contributed by atoms with van der Waals surface area (Å²) in [4.78, 5) is 14.4. The molecule has 77 heavy (non-hydrogen) atoms. The number of anilines is 6. The van der Waals surface area contributed by atoms with Crippen LogP contribution in [0.25, 0.3) is 72.5 Å². The molecule has 0 saturated carbocycles. The van der Waals surface area contributed by atoms with Crippen LogP contribution in [0.1, 0.15) is 22.3 Å². The van der Waals surface area contributed by atoms with Crippen LogP contribution in [0, 0.1) is 45.3 Å². The van der Waals surface area contributed by atoms with E-state index in [0.717, 1.165) is 67.2 Å². The quantitative estimate of drug-likeness (QED) is 0.125. The average Bonchev–Trinajstić information content (AvgIpc) is 3.95. The molecule has 12 rings (SSSR count). The number of aromatic nitrogens is 3. The highest BCUT2D eigenvalue weighted by molar-refractivity contribution is 6.12. The maximum atomic E-state index is 10.8. The van der Waals surface area contributed by atoms with E-state index in [2.05, 4.69) is 184 Å². The van der Waals surface area contributed by atoms with E-state index in [1.165, 1.54) is 0 Å². The van der Waals surface area contributed by atoms with Crippen LogP contribution < -0.4 is 9.80 Å². The van der Waals surface area contributed by atoms with Gasteiger partial charge in [0.25, 0.3) is 0 Å². The van der Waals surface area contributed by atoms with E-state index in [1.54, 1.807) is 54.6 Å². The lowest BCUT2D eigenvalue weighted by atomic mass is 9.92. The van der Waals surface area contributed by atoms with Crippen LogP contribution >= 0.6 is 0 Å². The van der Waals surface area contributed by atoms with Gasteiger partial charge in [-0.05, 0) is 151 Å². The Morgan fingerprint density at radius 2 is 0.766 bits per heavy atom. The number of rotatable bonds is 11. The van der Waals surface area contributed by atoms with Gasteiger partial charge in [0.05, 0.1) is 69.0 Å². The lowest BCUT2D eigenvalue weighted by Gasteiger charge is -2.26. The smallest absolute Gasteiger partial charge is 0.160 e. The fourth-order valence-electron chi connectivity index (χ4n) is 10.2.